The van der Waals surface area contributed by atoms with E-state index < -0.39 is 11.9 Å². The molecule has 0 unspecified atom stereocenters. The number of aryl methyl sites for hydroxylation is 2. The van der Waals surface area contributed by atoms with Crippen molar-refractivity contribution in [1.29, 1.82) is 0 Å². The molecule has 0 saturated carbocycles. The predicted octanol–water partition coefficient (Wildman–Crippen LogP) is 2.37. The lowest BCUT2D eigenvalue weighted by atomic mass is 10.1. The summed E-state index contributed by atoms with van der Waals surface area (Å²) in [6, 6.07) is 9.20. The van der Waals surface area contributed by atoms with Gasteiger partial charge in [0.25, 0.3) is 0 Å². The zero-order chi connectivity index (χ0) is 20.3. The summed E-state index contributed by atoms with van der Waals surface area (Å²) >= 11 is 0. The summed E-state index contributed by atoms with van der Waals surface area (Å²) in [6.07, 6.45) is 3.64. The summed E-state index contributed by atoms with van der Waals surface area (Å²) in [6.45, 7) is 1.87. The predicted molar refractivity (Wildman–Crippen MR) is 103 cm³/mol. The van der Waals surface area contributed by atoms with Gasteiger partial charge in [0.1, 0.15) is 0 Å². The van der Waals surface area contributed by atoms with Gasteiger partial charge in [-0.25, -0.2) is 9.97 Å². The van der Waals surface area contributed by atoms with Gasteiger partial charge >= 0.3 is 12.0 Å². The molecule has 8 heteroatoms. The maximum absolute atomic E-state index is 11.5. The average Bonchev–Trinajstić information content (AvgIpc) is 3.10. The van der Waals surface area contributed by atoms with Gasteiger partial charge < -0.3 is 20.1 Å². The number of carboxylic acids is 1. The standard InChI is InChI=1S/C20H20N4O4/c1-12-9-13(19(21)27)3-6-16(12)24-15(5-8-18(25)26)4-7-17(24)14-10-22-20(28-2)23-11-14/h3-4,6-7,9-11H,5,8H2,1-2H3,(H2,21,27)(H,25,26). The largest absolute Gasteiger partial charge is 0.481 e. The van der Waals surface area contributed by atoms with Gasteiger partial charge in [0.15, 0.2) is 0 Å². The molecule has 28 heavy (non-hydrogen) atoms. The van der Waals surface area contributed by atoms with Gasteiger partial charge in [-0.05, 0) is 49.2 Å². The molecule has 3 aromatic rings. The number of carbonyl (C=O) groups is 2. The van der Waals surface area contributed by atoms with Crippen molar-refractivity contribution >= 4 is 11.9 Å². The Hall–Kier alpha value is -3.68. The fraction of sp³-hybridized carbons (Fsp3) is 0.200. The van der Waals surface area contributed by atoms with Crippen molar-refractivity contribution in [3.8, 4) is 23.0 Å². The molecule has 3 rings (SSSR count). The van der Waals surface area contributed by atoms with Crippen molar-refractivity contribution in [2.45, 2.75) is 19.8 Å². The third kappa shape index (κ3) is 3.85. The van der Waals surface area contributed by atoms with Crippen LogP contribution in [0.15, 0.2) is 42.7 Å². The van der Waals surface area contributed by atoms with Crippen LogP contribution >= 0.6 is 0 Å². The van der Waals surface area contributed by atoms with Crippen molar-refractivity contribution in [1.82, 2.24) is 14.5 Å². The molecular formula is C20H20N4O4. The molecule has 0 saturated heterocycles. The first-order valence-corrected chi connectivity index (χ1v) is 8.60. The molecule has 0 aliphatic rings. The molecule has 0 aliphatic heterocycles. The van der Waals surface area contributed by atoms with Gasteiger partial charge in [-0.3, -0.25) is 9.59 Å². The van der Waals surface area contributed by atoms with Gasteiger partial charge in [0.05, 0.1) is 19.2 Å². The lowest BCUT2D eigenvalue weighted by molar-refractivity contribution is -0.136. The van der Waals surface area contributed by atoms with Crippen LogP contribution in [0, 0.1) is 6.92 Å². The molecular weight excluding hydrogens is 360 g/mol. The maximum atomic E-state index is 11.5. The fourth-order valence-electron chi connectivity index (χ4n) is 3.03. The molecule has 0 fully saturated rings. The van der Waals surface area contributed by atoms with E-state index in [1.807, 2.05) is 23.6 Å². The summed E-state index contributed by atoms with van der Waals surface area (Å²) in [5.74, 6) is -1.38. The lowest BCUT2D eigenvalue weighted by Gasteiger charge is -2.16. The smallest absolute Gasteiger partial charge is 0.316 e. The third-order valence-corrected chi connectivity index (χ3v) is 4.39. The number of carboxylic acid groups (broad SMARTS) is 1. The van der Waals surface area contributed by atoms with Gasteiger partial charge in [-0.15, -0.1) is 0 Å². The molecule has 1 amide bonds. The number of amides is 1. The van der Waals surface area contributed by atoms with Crippen LogP contribution in [0.2, 0.25) is 0 Å². The lowest BCUT2D eigenvalue weighted by Crippen LogP contribution is -2.12. The van der Waals surface area contributed by atoms with Crippen molar-refractivity contribution in [2.24, 2.45) is 5.73 Å². The van der Waals surface area contributed by atoms with E-state index in [-0.39, 0.29) is 12.4 Å². The second kappa shape index (κ2) is 7.91. The SMILES string of the molecule is COc1ncc(-c2ccc(CCC(=O)O)n2-c2ccc(C(N)=O)cc2C)cn1. The monoisotopic (exact) mass is 380 g/mol. The van der Waals surface area contributed by atoms with Crippen LogP contribution in [0.5, 0.6) is 6.01 Å². The number of ether oxygens (including phenoxy) is 1. The number of hydrogen-bond acceptors (Lipinski definition) is 5. The normalized spacial score (nSPS) is 10.6. The Balaban J connectivity index is 2.14. The topological polar surface area (TPSA) is 120 Å². The van der Waals surface area contributed by atoms with Crippen LogP contribution in [-0.4, -0.2) is 38.6 Å². The molecule has 0 atom stereocenters. The Morgan fingerprint density at radius 2 is 1.89 bits per heavy atom. The summed E-state index contributed by atoms with van der Waals surface area (Å²) in [7, 11) is 1.49. The van der Waals surface area contributed by atoms with Crippen LogP contribution in [-0.2, 0) is 11.2 Å². The van der Waals surface area contributed by atoms with Gasteiger partial charge in [-0.1, -0.05) is 0 Å². The number of nitrogens with zero attached hydrogens (tertiary/aromatic N) is 3. The first-order chi connectivity index (χ1) is 13.4. The van der Waals surface area contributed by atoms with Crippen molar-refractivity contribution in [3.63, 3.8) is 0 Å². The maximum Gasteiger partial charge on any atom is 0.316 e. The molecule has 1 aromatic carbocycles. The minimum Gasteiger partial charge on any atom is -0.481 e. The second-order valence-electron chi connectivity index (χ2n) is 6.26. The van der Waals surface area contributed by atoms with Gasteiger partial charge in [0, 0.05) is 34.9 Å². The van der Waals surface area contributed by atoms with Crippen LogP contribution in [0.1, 0.15) is 28.0 Å². The molecule has 2 heterocycles. The Morgan fingerprint density at radius 3 is 2.46 bits per heavy atom. The molecule has 8 nitrogen and oxygen atoms in total. The van der Waals surface area contributed by atoms with Crippen molar-refractivity contribution in [2.75, 3.05) is 7.11 Å². The summed E-state index contributed by atoms with van der Waals surface area (Å²) < 4.78 is 6.96. The number of aliphatic carboxylic acids is 1. The highest BCUT2D eigenvalue weighted by Gasteiger charge is 2.16. The molecule has 0 radical (unpaired) electrons. The highest BCUT2D eigenvalue weighted by molar-refractivity contribution is 5.93. The van der Waals surface area contributed by atoms with Crippen molar-refractivity contribution in [3.05, 3.63) is 59.5 Å². The van der Waals surface area contributed by atoms with Gasteiger partial charge in [0.2, 0.25) is 5.91 Å². The molecule has 144 valence electrons. The molecule has 0 aliphatic carbocycles. The first-order valence-electron chi connectivity index (χ1n) is 8.60. The minimum atomic E-state index is -0.872. The van der Waals surface area contributed by atoms with E-state index in [4.69, 9.17) is 15.6 Å². The zero-order valence-electron chi connectivity index (χ0n) is 15.5. The minimum absolute atomic E-state index is 0.000975. The number of rotatable bonds is 7. The van der Waals surface area contributed by atoms with Crippen molar-refractivity contribution < 1.29 is 19.4 Å². The zero-order valence-corrected chi connectivity index (χ0v) is 15.5. The first kappa shape index (κ1) is 19.1. The van der Waals surface area contributed by atoms with Crippen LogP contribution in [0.4, 0.5) is 0 Å². The van der Waals surface area contributed by atoms with E-state index in [0.29, 0.717) is 12.0 Å². The number of primary amides is 1. The number of hydrogen-bond donors (Lipinski definition) is 2. The average molecular weight is 380 g/mol. The van der Waals surface area contributed by atoms with E-state index in [1.165, 1.54) is 7.11 Å². The molecule has 3 N–H and O–H groups in total. The van der Waals surface area contributed by atoms with Gasteiger partial charge in [-0.2, -0.15) is 0 Å². The molecule has 0 spiro atoms. The molecule has 0 bridgehead atoms. The third-order valence-electron chi connectivity index (χ3n) is 4.39. The number of aromatic nitrogens is 3. The highest BCUT2D eigenvalue weighted by atomic mass is 16.5. The number of benzene rings is 1. The number of nitrogens with two attached hydrogens (primary N) is 1. The fourth-order valence-corrected chi connectivity index (χ4v) is 3.03. The van der Waals surface area contributed by atoms with Crippen LogP contribution in [0.3, 0.4) is 0 Å². The quantitative estimate of drug-likeness (QED) is 0.649. The van der Waals surface area contributed by atoms with E-state index in [2.05, 4.69) is 9.97 Å². The summed E-state index contributed by atoms with van der Waals surface area (Å²) in [5, 5.41) is 9.08. The summed E-state index contributed by atoms with van der Waals surface area (Å²) in [5.41, 5.74) is 9.81. The second-order valence-corrected chi connectivity index (χ2v) is 6.26. The number of carbonyl (C=O) groups excluding carboxylic acids is 1. The van der Waals surface area contributed by atoms with E-state index in [9.17, 15) is 9.59 Å². The Labute approximate surface area is 161 Å². The Morgan fingerprint density at radius 1 is 1.18 bits per heavy atom. The molecule has 2 aromatic heterocycles. The van der Waals surface area contributed by atoms with Crippen LogP contribution < -0.4 is 10.5 Å². The van der Waals surface area contributed by atoms with Crippen LogP contribution in [0.25, 0.3) is 16.9 Å². The highest BCUT2D eigenvalue weighted by Crippen LogP contribution is 2.29. The van der Waals surface area contributed by atoms with E-state index in [0.717, 1.165) is 28.2 Å². The van der Waals surface area contributed by atoms with E-state index >= 15 is 0 Å². The Bertz CT molecular complexity index is 1030. The Kier molecular flexibility index (Phi) is 5.39. The van der Waals surface area contributed by atoms with E-state index in [1.54, 1.807) is 30.6 Å². The summed E-state index contributed by atoms with van der Waals surface area (Å²) in [4.78, 5) is 30.8. The number of methoxy groups -OCH3 is 1.